The maximum Gasteiger partial charge on any atom is 0.300 e. The number of anilines is 2. The first-order valence-electron chi connectivity index (χ1n) is 11.8. The van der Waals surface area contributed by atoms with Crippen molar-refractivity contribution >= 4 is 34.5 Å². The van der Waals surface area contributed by atoms with Crippen molar-refractivity contribution in [2.45, 2.75) is 32.2 Å². The van der Waals surface area contributed by atoms with E-state index in [0.717, 1.165) is 31.6 Å². The second kappa shape index (κ2) is 9.33. The monoisotopic (exact) mass is 487 g/mol. The fourth-order valence-corrected chi connectivity index (χ4v) is 4.87. The van der Waals surface area contributed by atoms with Crippen molar-refractivity contribution in [3.8, 4) is 0 Å². The van der Waals surface area contributed by atoms with E-state index in [-0.39, 0.29) is 16.8 Å². The number of hydrogen-bond donors (Lipinski definition) is 1. The van der Waals surface area contributed by atoms with Gasteiger partial charge in [-0.25, -0.2) is 0 Å². The van der Waals surface area contributed by atoms with Gasteiger partial charge in [-0.2, -0.15) is 0 Å². The first kappa shape index (κ1) is 23.3. The number of carbonyl (C=O) groups is 2. The number of Topliss-reactive ketones (excluding diaryl/α,β-unsaturated/α-hetero) is 1. The summed E-state index contributed by atoms with van der Waals surface area (Å²) in [5.41, 5.74) is 1.16. The third kappa shape index (κ3) is 4.13. The summed E-state index contributed by atoms with van der Waals surface area (Å²) >= 11 is 0. The van der Waals surface area contributed by atoms with Crippen LogP contribution in [0.5, 0.6) is 0 Å². The minimum absolute atomic E-state index is 0.0657. The van der Waals surface area contributed by atoms with Gasteiger partial charge in [-0.3, -0.25) is 24.6 Å². The van der Waals surface area contributed by atoms with E-state index in [9.17, 15) is 24.8 Å². The van der Waals surface area contributed by atoms with Gasteiger partial charge >= 0.3 is 0 Å². The second-order valence-corrected chi connectivity index (χ2v) is 8.99. The summed E-state index contributed by atoms with van der Waals surface area (Å²) in [4.78, 5) is 40.8. The molecule has 9 heteroatoms. The van der Waals surface area contributed by atoms with Crippen LogP contribution in [0.25, 0.3) is 5.76 Å². The summed E-state index contributed by atoms with van der Waals surface area (Å²) < 4.78 is 5.81. The number of aryl methyl sites for hydroxylation is 1. The van der Waals surface area contributed by atoms with Crippen molar-refractivity contribution in [3.05, 3.63) is 93.4 Å². The maximum atomic E-state index is 13.3. The lowest BCUT2D eigenvalue weighted by atomic mass is 9.99. The van der Waals surface area contributed by atoms with Crippen molar-refractivity contribution in [2.75, 3.05) is 22.9 Å². The number of benzene rings is 2. The molecule has 0 saturated carbocycles. The van der Waals surface area contributed by atoms with Gasteiger partial charge in [-0.15, -0.1) is 0 Å². The van der Waals surface area contributed by atoms with Crippen LogP contribution in [-0.4, -0.2) is 34.8 Å². The zero-order chi connectivity index (χ0) is 25.4. The Balaban J connectivity index is 1.60. The molecule has 9 nitrogen and oxygen atoms in total. The molecule has 2 aliphatic rings. The number of aliphatic hydroxyl groups excluding tert-OH is 1. The van der Waals surface area contributed by atoms with Crippen molar-refractivity contribution in [3.63, 3.8) is 0 Å². The topological polar surface area (TPSA) is 117 Å². The number of amides is 1. The molecule has 2 aromatic carbocycles. The van der Waals surface area contributed by atoms with Crippen molar-refractivity contribution < 1.29 is 24.0 Å². The molecule has 1 atom stereocenters. The third-order valence-electron chi connectivity index (χ3n) is 6.65. The molecule has 3 heterocycles. The van der Waals surface area contributed by atoms with Crippen LogP contribution in [0.15, 0.2) is 70.7 Å². The Labute approximate surface area is 207 Å². The Bertz CT molecular complexity index is 1370. The molecule has 2 fully saturated rings. The number of nitro benzene ring substituents is 1. The lowest BCUT2D eigenvalue weighted by Crippen LogP contribution is -2.30. The van der Waals surface area contributed by atoms with E-state index in [4.69, 9.17) is 4.42 Å². The fraction of sp³-hybridized carbons (Fsp3) is 0.259. The van der Waals surface area contributed by atoms with Crippen molar-refractivity contribution in [1.29, 1.82) is 0 Å². The maximum absolute atomic E-state index is 13.3. The van der Waals surface area contributed by atoms with E-state index in [0.29, 0.717) is 17.2 Å². The number of piperidine rings is 1. The van der Waals surface area contributed by atoms with E-state index in [1.165, 1.54) is 35.6 Å². The Morgan fingerprint density at radius 3 is 2.33 bits per heavy atom. The van der Waals surface area contributed by atoms with E-state index in [1.807, 2.05) is 12.1 Å². The van der Waals surface area contributed by atoms with Gasteiger partial charge in [0.2, 0.25) is 0 Å². The summed E-state index contributed by atoms with van der Waals surface area (Å²) in [6.07, 6.45) is 3.48. The van der Waals surface area contributed by atoms with Crippen LogP contribution in [0.1, 0.15) is 42.4 Å². The minimum Gasteiger partial charge on any atom is -0.507 e. The van der Waals surface area contributed by atoms with Crippen molar-refractivity contribution in [2.24, 2.45) is 0 Å². The van der Waals surface area contributed by atoms with Gasteiger partial charge in [0.1, 0.15) is 23.3 Å². The average molecular weight is 488 g/mol. The van der Waals surface area contributed by atoms with Crippen LogP contribution in [-0.2, 0) is 9.59 Å². The van der Waals surface area contributed by atoms with Gasteiger partial charge in [0, 0.05) is 42.2 Å². The number of ketones is 1. The minimum atomic E-state index is -1.03. The largest absolute Gasteiger partial charge is 0.507 e. The number of nitro groups is 1. The van der Waals surface area contributed by atoms with Crippen LogP contribution in [0.4, 0.5) is 17.1 Å². The summed E-state index contributed by atoms with van der Waals surface area (Å²) in [6, 6.07) is 15.1. The Kier molecular flexibility index (Phi) is 6.05. The summed E-state index contributed by atoms with van der Waals surface area (Å²) in [5.74, 6) is -1.32. The Morgan fingerprint density at radius 2 is 1.69 bits per heavy atom. The molecule has 0 aliphatic carbocycles. The lowest BCUT2D eigenvalue weighted by Gasteiger charge is -2.29. The molecule has 5 rings (SSSR count). The number of nitrogens with zero attached hydrogens (tertiary/aromatic N) is 3. The number of furan rings is 1. The first-order valence-corrected chi connectivity index (χ1v) is 11.8. The predicted octanol–water partition coefficient (Wildman–Crippen LogP) is 5.11. The zero-order valence-corrected chi connectivity index (χ0v) is 19.7. The number of aliphatic hydroxyl groups is 1. The highest BCUT2D eigenvalue weighted by Crippen LogP contribution is 2.43. The van der Waals surface area contributed by atoms with Crippen LogP contribution in [0.2, 0.25) is 0 Å². The third-order valence-corrected chi connectivity index (χ3v) is 6.65. The van der Waals surface area contributed by atoms with Crippen LogP contribution in [0.3, 0.4) is 0 Å². The lowest BCUT2D eigenvalue weighted by molar-refractivity contribution is -0.384. The molecule has 0 spiro atoms. The molecule has 1 unspecified atom stereocenters. The molecule has 184 valence electrons. The SMILES string of the molecule is Cc1ccc(C2/C(=C(/O)c3cccc([N+](=O)[O-])c3)C(=O)C(=O)N2c2ccc(N3CCCCC3)cc2)o1. The highest BCUT2D eigenvalue weighted by Gasteiger charge is 2.48. The molecule has 1 amide bonds. The van der Waals surface area contributed by atoms with Gasteiger partial charge in [-0.05, 0) is 62.6 Å². The van der Waals surface area contributed by atoms with Gasteiger partial charge < -0.3 is 14.4 Å². The van der Waals surface area contributed by atoms with Gasteiger partial charge in [0.25, 0.3) is 17.4 Å². The molecule has 1 N–H and O–H groups in total. The van der Waals surface area contributed by atoms with Crippen molar-refractivity contribution in [1.82, 2.24) is 0 Å². The molecule has 36 heavy (non-hydrogen) atoms. The average Bonchev–Trinajstić information content (AvgIpc) is 3.44. The van der Waals surface area contributed by atoms with Gasteiger partial charge in [-0.1, -0.05) is 12.1 Å². The van der Waals surface area contributed by atoms with Crippen LogP contribution in [0, 0.1) is 17.0 Å². The molecule has 2 aliphatic heterocycles. The molecule has 1 aromatic heterocycles. The van der Waals surface area contributed by atoms with E-state index in [2.05, 4.69) is 4.90 Å². The van der Waals surface area contributed by atoms with Gasteiger partial charge in [0.05, 0.1) is 10.5 Å². The predicted molar refractivity (Wildman–Crippen MR) is 134 cm³/mol. The summed E-state index contributed by atoms with van der Waals surface area (Å²) in [5, 5.41) is 22.4. The zero-order valence-electron chi connectivity index (χ0n) is 19.7. The normalized spacial score (nSPS) is 19.6. The summed E-state index contributed by atoms with van der Waals surface area (Å²) in [6.45, 7) is 3.68. The molecule has 0 radical (unpaired) electrons. The van der Waals surface area contributed by atoms with Crippen LogP contribution < -0.4 is 9.80 Å². The molecule has 2 saturated heterocycles. The number of rotatable bonds is 5. The van der Waals surface area contributed by atoms with Crippen LogP contribution >= 0.6 is 0 Å². The van der Waals surface area contributed by atoms with E-state index < -0.39 is 28.4 Å². The Hall–Kier alpha value is -4.40. The highest BCUT2D eigenvalue weighted by atomic mass is 16.6. The molecular formula is C27H25N3O6. The van der Waals surface area contributed by atoms with E-state index in [1.54, 1.807) is 31.2 Å². The molecule has 0 bridgehead atoms. The Morgan fingerprint density at radius 1 is 1.00 bits per heavy atom. The first-order chi connectivity index (χ1) is 17.3. The fourth-order valence-electron chi connectivity index (χ4n) is 4.87. The van der Waals surface area contributed by atoms with Gasteiger partial charge in [0.15, 0.2) is 0 Å². The standard InChI is InChI=1S/C27H25N3O6/c1-17-8-13-22(36-17)24-23(25(31)18-6-5-7-21(16-18)30(34)35)26(32)27(33)29(24)20-11-9-19(10-12-20)28-14-3-2-4-15-28/h5-13,16,24,31H,2-4,14-15H2,1H3/b25-23-. The molecule has 3 aromatic rings. The number of hydrogen-bond acceptors (Lipinski definition) is 7. The second-order valence-electron chi connectivity index (χ2n) is 8.99. The molecular weight excluding hydrogens is 462 g/mol. The van der Waals surface area contributed by atoms with E-state index >= 15 is 0 Å². The smallest absolute Gasteiger partial charge is 0.300 e. The number of non-ortho nitro benzene ring substituents is 1. The quantitative estimate of drug-likeness (QED) is 0.175. The number of carbonyl (C=O) groups excluding carboxylic acids is 2. The summed E-state index contributed by atoms with van der Waals surface area (Å²) in [7, 11) is 0. The highest BCUT2D eigenvalue weighted by molar-refractivity contribution is 6.51.